The maximum Gasteiger partial charge on any atom is 0.193 e. The zero-order valence-corrected chi connectivity index (χ0v) is 20.9. The number of rotatable bonds is 12. The number of nitrogens with zero attached hydrogens (tertiary/aromatic N) is 3. The summed E-state index contributed by atoms with van der Waals surface area (Å²) in [6.07, 6.45) is 11.4. The van der Waals surface area contributed by atoms with Gasteiger partial charge >= 0.3 is 0 Å². The Bertz CT molecular complexity index is 1180. The summed E-state index contributed by atoms with van der Waals surface area (Å²) >= 11 is 0. The van der Waals surface area contributed by atoms with E-state index in [0.29, 0.717) is 6.61 Å². The maximum atomic E-state index is 5.92. The van der Waals surface area contributed by atoms with Crippen LogP contribution >= 0.6 is 0 Å². The predicted octanol–water partition coefficient (Wildman–Crippen LogP) is 4.83. The van der Waals surface area contributed by atoms with Gasteiger partial charge in [-0.25, -0.2) is 4.99 Å². The van der Waals surface area contributed by atoms with Crippen molar-refractivity contribution in [3.05, 3.63) is 109 Å². The molecule has 36 heavy (non-hydrogen) atoms. The van der Waals surface area contributed by atoms with Gasteiger partial charge in [-0.05, 0) is 78.9 Å². The Kier molecular flexibility index (Phi) is 8.39. The van der Waals surface area contributed by atoms with Crippen LogP contribution in [0.5, 0.6) is 11.5 Å². The molecule has 4 rings (SSSR count). The van der Waals surface area contributed by atoms with Gasteiger partial charge in [0.1, 0.15) is 23.9 Å². The quantitative estimate of drug-likeness (QED) is 0.422. The third kappa shape index (κ3) is 6.33. The van der Waals surface area contributed by atoms with Gasteiger partial charge in [0.15, 0.2) is 6.29 Å². The summed E-state index contributed by atoms with van der Waals surface area (Å²) < 4.78 is 11.2. The van der Waals surface area contributed by atoms with E-state index in [0.717, 1.165) is 52.9 Å². The summed E-state index contributed by atoms with van der Waals surface area (Å²) in [6, 6.07) is 15.9. The van der Waals surface area contributed by atoms with Gasteiger partial charge < -0.3 is 14.8 Å². The van der Waals surface area contributed by atoms with Gasteiger partial charge in [0.25, 0.3) is 0 Å². The minimum atomic E-state index is -0.285. The third-order valence-corrected chi connectivity index (χ3v) is 5.81. The zero-order valence-electron chi connectivity index (χ0n) is 20.9. The summed E-state index contributed by atoms with van der Waals surface area (Å²) in [4.78, 5) is 6.95. The maximum absolute atomic E-state index is 5.92. The molecular formula is C29H33N5O2. The Labute approximate surface area is 213 Å². The number of fused-ring (bicyclic) bond motifs is 1. The standard InChI is InChI=1S/C29H33N5O2/c1-5-8-22(6-2)21-33(3)19-20-36-26-17-13-24(14-18-26)30-29-31-28-10-7-9-27(34(28)32-29)23-11-15-25(35-4)16-12-23/h5-18,29-30,32H,1-2,19-21H2,3-4H3/b22-8+. The number of amidine groups is 1. The molecule has 0 fully saturated rings. The van der Waals surface area contributed by atoms with Crippen LogP contribution in [0.3, 0.4) is 0 Å². The second-order valence-corrected chi connectivity index (χ2v) is 8.43. The highest BCUT2D eigenvalue weighted by atomic mass is 16.5. The van der Waals surface area contributed by atoms with Crippen molar-refractivity contribution < 1.29 is 9.47 Å². The summed E-state index contributed by atoms with van der Waals surface area (Å²) in [6.45, 7) is 9.80. The highest BCUT2D eigenvalue weighted by molar-refractivity contribution is 6.02. The highest BCUT2D eigenvalue weighted by Crippen LogP contribution is 2.27. The molecule has 0 bridgehead atoms. The first-order valence-corrected chi connectivity index (χ1v) is 11.9. The molecule has 2 aromatic rings. The number of nitrogens with one attached hydrogen (secondary N) is 2. The van der Waals surface area contributed by atoms with E-state index in [4.69, 9.17) is 14.5 Å². The number of anilines is 1. The zero-order chi connectivity index (χ0) is 25.3. The van der Waals surface area contributed by atoms with Crippen molar-refractivity contribution in [1.29, 1.82) is 0 Å². The summed E-state index contributed by atoms with van der Waals surface area (Å²) in [5.41, 5.74) is 7.60. The number of aliphatic imine (C=N–C) groups is 1. The van der Waals surface area contributed by atoms with Crippen LogP contribution in [0.1, 0.15) is 5.56 Å². The van der Waals surface area contributed by atoms with Crippen LogP contribution in [-0.4, -0.2) is 55.9 Å². The van der Waals surface area contributed by atoms with Gasteiger partial charge in [-0.2, -0.15) is 5.43 Å². The molecule has 0 saturated carbocycles. The molecule has 1 unspecified atom stereocenters. The Morgan fingerprint density at radius 3 is 2.58 bits per heavy atom. The molecule has 2 aromatic carbocycles. The number of allylic oxidation sites excluding steroid dienone is 4. The van der Waals surface area contributed by atoms with Crippen LogP contribution in [0.25, 0.3) is 5.70 Å². The Morgan fingerprint density at radius 2 is 1.89 bits per heavy atom. The van der Waals surface area contributed by atoms with Crippen LogP contribution in [-0.2, 0) is 0 Å². The van der Waals surface area contributed by atoms with E-state index in [-0.39, 0.29) is 6.29 Å². The topological polar surface area (TPSA) is 61.4 Å². The number of hydrazine groups is 1. The van der Waals surface area contributed by atoms with Crippen LogP contribution in [0.2, 0.25) is 0 Å². The molecule has 2 heterocycles. The third-order valence-electron chi connectivity index (χ3n) is 5.81. The van der Waals surface area contributed by atoms with E-state index in [1.165, 1.54) is 0 Å². The Morgan fingerprint density at radius 1 is 1.14 bits per heavy atom. The van der Waals surface area contributed by atoms with Crippen molar-refractivity contribution >= 4 is 17.2 Å². The number of ether oxygens (including phenoxy) is 2. The van der Waals surface area contributed by atoms with Crippen molar-refractivity contribution in [1.82, 2.24) is 15.3 Å². The van der Waals surface area contributed by atoms with Crippen molar-refractivity contribution in [2.24, 2.45) is 4.99 Å². The summed E-state index contributed by atoms with van der Waals surface area (Å²) in [5, 5.41) is 5.42. The molecule has 0 radical (unpaired) electrons. The molecule has 0 spiro atoms. The molecule has 1 atom stereocenters. The molecular weight excluding hydrogens is 450 g/mol. The molecule has 0 saturated heterocycles. The predicted molar refractivity (Wildman–Crippen MR) is 148 cm³/mol. The van der Waals surface area contributed by atoms with E-state index in [9.17, 15) is 0 Å². The Balaban J connectivity index is 1.28. The lowest BCUT2D eigenvalue weighted by atomic mass is 10.1. The molecule has 186 valence electrons. The molecule has 2 aliphatic rings. The van der Waals surface area contributed by atoms with Crippen molar-refractivity contribution in [3.63, 3.8) is 0 Å². The first kappa shape index (κ1) is 25.0. The second kappa shape index (κ2) is 12.1. The van der Waals surface area contributed by atoms with E-state index < -0.39 is 0 Å². The van der Waals surface area contributed by atoms with Crippen LogP contribution in [0, 0.1) is 0 Å². The fraction of sp³-hybridized carbons (Fsp3) is 0.207. The fourth-order valence-electron chi connectivity index (χ4n) is 3.92. The fourth-order valence-corrected chi connectivity index (χ4v) is 3.92. The van der Waals surface area contributed by atoms with Crippen LogP contribution in [0.15, 0.2) is 109 Å². The number of likely N-dealkylation sites (N-methyl/N-ethyl adjacent to an activating group) is 1. The van der Waals surface area contributed by atoms with Gasteiger partial charge in [0, 0.05) is 18.8 Å². The minimum Gasteiger partial charge on any atom is -0.497 e. The number of benzene rings is 2. The highest BCUT2D eigenvalue weighted by Gasteiger charge is 2.27. The SMILES string of the molecule is C=C/C=C(\C=C)CN(C)CCOc1ccc(NC2N=C3C=CC=C(c4ccc(OC)cc4)N3N2)cc1. The minimum absolute atomic E-state index is 0.285. The summed E-state index contributed by atoms with van der Waals surface area (Å²) in [7, 11) is 3.73. The largest absolute Gasteiger partial charge is 0.497 e. The van der Waals surface area contributed by atoms with Gasteiger partial charge in [-0.1, -0.05) is 37.5 Å². The number of methoxy groups -OCH3 is 1. The molecule has 7 heteroatoms. The first-order valence-electron chi connectivity index (χ1n) is 11.9. The molecule has 2 N–H and O–H groups in total. The number of hydrogen-bond acceptors (Lipinski definition) is 7. The van der Waals surface area contributed by atoms with E-state index >= 15 is 0 Å². The lowest BCUT2D eigenvalue weighted by Gasteiger charge is -2.26. The smallest absolute Gasteiger partial charge is 0.193 e. The van der Waals surface area contributed by atoms with Gasteiger partial charge in [-0.15, -0.1) is 0 Å². The molecule has 0 amide bonds. The van der Waals surface area contributed by atoms with Crippen LogP contribution in [0.4, 0.5) is 5.69 Å². The van der Waals surface area contributed by atoms with Gasteiger partial charge in [0.05, 0.1) is 12.8 Å². The lowest BCUT2D eigenvalue weighted by Crippen LogP contribution is -2.42. The molecule has 7 nitrogen and oxygen atoms in total. The molecule has 2 aliphatic heterocycles. The van der Waals surface area contributed by atoms with Crippen LogP contribution < -0.4 is 20.2 Å². The lowest BCUT2D eigenvalue weighted by molar-refractivity contribution is 0.248. The van der Waals surface area contributed by atoms with Crippen molar-refractivity contribution in [2.45, 2.75) is 6.29 Å². The van der Waals surface area contributed by atoms with E-state index in [1.54, 1.807) is 13.2 Å². The Hall–Kier alpha value is -4.07. The average molecular weight is 484 g/mol. The molecule has 0 aliphatic carbocycles. The van der Waals surface area contributed by atoms with Crippen molar-refractivity contribution in [2.75, 3.05) is 39.2 Å². The monoisotopic (exact) mass is 483 g/mol. The number of hydrogen-bond donors (Lipinski definition) is 2. The first-order chi connectivity index (χ1) is 17.6. The van der Waals surface area contributed by atoms with Crippen molar-refractivity contribution in [3.8, 4) is 11.5 Å². The van der Waals surface area contributed by atoms with Gasteiger partial charge in [-0.3, -0.25) is 9.91 Å². The second-order valence-electron chi connectivity index (χ2n) is 8.43. The van der Waals surface area contributed by atoms with E-state index in [1.807, 2.05) is 77.8 Å². The normalized spacial score (nSPS) is 16.8. The molecule has 0 aromatic heterocycles. The van der Waals surface area contributed by atoms with Gasteiger partial charge in [0.2, 0.25) is 0 Å². The van der Waals surface area contributed by atoms with E-state index in [2.05, 4.69) is 41.9 Å². The summed E-state index contributed by atoms with van der Waals surface area (Å²) in [5.74, 6) is 2.51. The average Bonchev–Trinajstić information content (AvgIpc) is 3.32.